The van der Waals surface area contributed by atoms with E-state index in [9.17, 15) is 13.6 Å². The van der Waals surface area contributed by atoms with Crippen LogP contribution in [0.25, 0.3) is 11.1 Å². The molecule has 1 amide bonds. The number of pyridine rings is 1. The number of amides is 1. The number of aromatic nitrogens is 3. The summed E-state index contributed by atoms with van der Waals surface area (Å²) in [5.41, 5.74) is 3.57. The Bertz CT molecular complexity index is 1330. The van der Waals surface area contributed by atoms with E-state index in [1.165, 1.54) is 18.6 Å². The molecule has 0 saturated heterocycles. The molecule has 0 aliphatic rings. The quantitative estimate of drug-likeness (QED) is 0.335. The summed E-state index contributed by atoms with van der Waals surface area (Å²) in [6, 6.07) is 21.6. The second-order valence-electron chi connectivity index (χ2n) is 8.29. The molecule has 4 rings (SSSR count). The molecule has 2 atom stereocenters. The predicted molar refractivity (Wildman–Crippen MR) is 132 cm³/mol. The molecular formula is C27H24F2N6O. The van der Waals surface area contributed by atoms with Gasteiger partial charge in [0.2, 0.25) is 5.91 Å². The van der Waals surface area contributed by atoms with Crippen LogP contribution in [-0.2, 0) is 4.79 Å². The van der Waals surface area contributed by atoms with Crippen LogP contribution in [0.2, 0.25) is 0 Å². The van der Waals surface area contributed by atoms with Crippen molar-refractivity contribution < 1.29 is 13.6 Å². The Labute approximate surface area is 207 Å². The van der Waals surface area contributed by atoms with Gasteiger partial charge in [-0.25, -0.2) is 9.67 Å². The number of nitrogens with zero attached hydrogens (tertiary/aromatic N) is 4. The van der Waals surface area contributed by atoms with Crippen molar-refractivity contribution in [1.29, 1.82) is 5.26 Å². The second-order valence-corrected chi connectivity index (χ2v) is 8.29. The molecule has 7 nitrogen and oxygen atoms in total. The van der Waals surface area contributed by atoms with Crippen LogP contribution in [0.4, 0.5) is 14.6 Å². The number of rotatable bonds is 9. The number of hydrogen-bond acceptors (Lipinski definition) is 5. The van der Waals surface area contributed by atoms with Crippen molar-refractivity contribution >= 4 is 11.7 Å². The molecule has 2 N–H and O–H groups in total. The highest BCUT2D eigenvalue weighted by atomic mass is 19.3. The van der Waals surface area contributed by atoms with Gasteiger partial charge in [-0.05, 0) is 41.3 Å². The summed E-state index contributed by atoms with van der Waals surface area (Å²) in [6.45, 7) is -0.142. The topological polar surface area (TPSA) is 95.6 Å². The summed E-state index contributed by atoms with van der Waals surface area (Å²) < 4.78 is 26.1. The Kier molecular flexibility index (Phi) is 7.78. The van der Waals surface area contributed by atoms with Gasteiger partial charge in [0.05, 0.1) is 17.8 Å². The van der Waals surface area contributed by atoms with Crippen molar-refractivity contribution in [3.63, 3.8) is 0 Å². The van der Waals surface area contributed by atoms with Gasteiger partial charge in [0.1, 0.15) is 11.9 Å². The number of halogens is 2. The van der Waals surface area contributed by atoms with E-state index in [0.717, 1.165) is 11.1 Å². The second kappa shape index (κ2) is 11.3. The molecule has 9 heteroatoms. The van der Waals surface area contributed by atoms with Crippen LogP contribution < -0.4 is 10.6 Å². The van der Waals surface area contributed by atoms with E-state index in [4.69, 9.17) is 5.26 Å². The predicted octanol–water partition coefficient (Wildman–Crippen LogP) is 5.28. The van der Waals surface area contributed by atoms with Crippen LogP contribution in [-0.4, -0.2) is 27.2 Å². The Morgan fingerprint density at radius 1 is 1.00 bits per heavy atom. The Morgan fingerprint density at radius 3 is 2.36 bits per heavy atom. The summed E-state index contributed by atoms with van der Waals surface area (Å²) in [4.78, 5) is 17.5. The molecule has 0 spiro atoms. The SMILES string of the molecule is CC(CN[C@@H](C(=O)Nc1ccc(-c2cnn(C(F)F)c2)cn1)c1ccccc1)c1ccc(C#N)cc1. The van der Waals surface area contributed by atoms with E-state index in [1.807, 2.05) is 49.4 Å². The van der Waals surface area contributed by atoms with Crippen LogP contribution >= 0.6 is 0 Å². The average Bonchev–Trinajstić information content (AvgIpc) is 3.41. The fourth-order valence-corrected chi connectivity index (χ4v) is 3.74. The third kappa shape index (κ3) is 5.98. The molecule has 1 unspecified atom stereocenters. The van der Waals surface area contributed by atoms with Gasteiger partial charge in [0.25, 0.3) is 0 Å². The number of hydrogen-bond donors (Lipinski definition) is 2. The van der Waals surface area contributed by atoms with Crippen LogP contribution in [0.1, 0.15) is 42.1 Å². The molecule has 4 aromatic rings. The number of carbonyl (C=O) groups excluding carboxylic acids is 1. The molecule has 0 fully saturated rings. The summed E-state index contributed by atoms with van der Waals surface area (Å²) in [7, 11) is 0. The third-order valence-corrected chi connectivity index (χ3v) is 5.78. The van der Waals surface area contributed by atoms with Gasteiger partial charge in [0.15, 0.2) is 0 Å². The van der Waals surface area contributed by atoms with Gasteiger partial charge in [-0.15, -0.1) is 0 Å². The first-order valence-corrected chi connectivity index (χ1v) is 11.3. The van der Waals surface area contributed by atoms with E-state index < -0.39 is 12.6 Å². The van der Waals surface area contributed by atoms with Crippen molar-refractivity contribution in [2.45, 2.75) is 25.4 Å². The van der Waals surface area contributed by atoms with Crippen LogP contribution in [0.5, 0.6) is 0 Å². The van der Waals surface area contributed by atoms with E-state index in [0.29, 0.717) is 33.7 Å². The standard InChI is InChI=1S/C27H24F2N6O/c1-18(20-9-7-19(13-30)8-10-20)14-32-25(21-5-3-2-4-6-21)26(36)34-24-12-11-22(15-31-24)23-16-33-35(17-23)27(28)29/h2-12,15-18,25,27,32H,14H2,1H3,(H,31,34,36)/t18?,25-/m1/s1. The normalized spacial score (nSPS) is 12.6. The zero-order valence-electron chi connectivity index (χ0n) is 19.5. The van der Waals surface area contributed by atoms with Crippen molar-refractivity contribution in [3.8, 4) is 17.2 Å². The molecule has 182 valence electrons. The Balaban J connectivity index is 1.45. The van der Waals surface area contributed by atoms with E-state index in [1.54, 1.807) is 24.3 Å². The molecule has 2 heterocycles. The highest BCUT2D eigenvalue weighted by molar-refractivity contribution is 5.95. The molecule has 0 aliphatic carbocycles. The molecule has 2 aromatic carbocycles. The van der Waals surface area contributed by atoms with Crippen molar-refractivity contribution in [2.24, 2.45) is 0 Å². The average molecular weight is 487 g/mol. The van der Waals surface area contributed by atoms with E-state index in [2.05, 4.69) is 26.8 Å². The zero-order valence-corrected chi connectivity index (χ0v) is 19.5. The van der Waals surface area contributed by atoms with Crippen molar-refractivity contribution in [1.82, 2.24) is 20.1 Å². The summed E-state index contributed by atoms with van der Waals surface area (Å²) in [5, 5.41) is 18.8. The molecular weight excluding hydrogens is 462 g/mol. The Morgan fingerprint density at radius 2 is 1.75 bits per heavy atom. The number of benzene rings is 2. The molecule has 2 aromatic heterocycles. The molecule has 0 aliphatic heterocycles. The third-order valence-electron chi connectivity index (χ3n) is 5.78. The van der Waals surface area contributed by atoms with Gasteiger partial charge in [-0.3, -0.25) is 4.79 Å². The lowest BCUT2D eigenvalue weighted by Gasteiger charge is -2.21. The zero-order chi connectivity index (χ0) is 25.5. The van der Waals surface area contributed by atoms with Gasteiger partial charge in [-0.2, -0.15) is 19.1 Å². The number of carbonyl (C=O) groups is 1. The lowest BCUT2D eigenvalue weighted by molar-refractivity contribution is -0.118. The first-order valence-electron chi connectivity index (χ1n) is 11.3. The molecule has 0 saturated carbocycles. The minimum absolute atomic E-state index is 0.100. The van der Waals surface area contributed by atoms with Crippen LogP contribution in [0.15, 0.2) is 85.3 Å². The van der Waals surface area contributed by atoms with Crippen molar-refractivity contribution in [3.05, 3.63) is 102 Å². The largest absolute Gasteiger partial charge is 0.333 e. The smallest absolute Gasteiger partial charge is 0.309 e. The fraction of sp³-hybridized carbons (Fsp3) is 0.185. The first kappa shape index (κ1) is 24.7. The lowest BCUT2D eigenvalue weighted by Crippen LogP contribution is -2.35. The van der Waals surface area contributed by atoms with Crippen LogP contribution in [0, 0.1) is 11.3 Å². The maximum Gasteiger partial charge on any atom is 0.333 e. The number of anilines is 1. The monoisotopic (exact) mass is 486 g/mol. The maximum atomic E-state index is 13.2. The van der Waals surface area contributed by atoms with E-state index in [-0.39, 0.29) is 11.8 Å². The molecule has 36 heavy (non-hydrogen) atoms. The number of nitriles is 1. The van der Waals surface area contributed by atoms with Gasteiger partial charge >= 0.3 is 6.55 Å². The summed E-state index contributed by atoms with van der Waals surface area (Å²) in [6.07, 6.45) is 4.08. The minimum Gasteiger partial charge on any atom is -0.309 e. The fourth-order valence-electron chi connectivity index (χ4n) is 3.74. The molecule has 0 radical (unpaired) electrons. The van der Waals surface area contributed by atoms with Gasteiger partial charge in [-0.1, -0.05) is 49.4 Å². The van der Waals surface area contributed by atoms with Gasteiger partial charge < -0.3 is 10.6 Å². The first-order chi connectivity index (χ1) is 17.4. The van der Waals surface area contributed by atoms with Crippen molar-refractivity contribution in [2.75, 3.05) is 11.9 Å². The molecule has 0 bridgehead atoms. The van der Waals surface area contributed by atoms with E-state index >= 15 is 0 Å². The maximum absolute atomic E-state index is 13.2. The number of nitrogens with one attached hydrogen (secondary N) is 2. The number of alkyl halides is 2. The summed E-state index contributed by atoms with van der Waals surface area (Å²) >= 11 is 0. The lowest BCUT2D eigenvalue weighted by atomic mass is 9.98. The Hall–Kier alpha value is -4.42. The minimum atomic E-state index is -2.72. The van der Waals surface area contributed by atoms with Gasteiger partial charge in [0, 0.05) is 30.1 Å². The summed E-state index contributed by atoms with van der Waals surface area (Å²) in [5.74, 6) is 0.162. The highest BCUT2D eigenvalue weighted by Crippen LogP contribution is 2.23. The van der Waals surface area contributed by atoms with Crippen LogP contribution in [0.3, 0.4) is 0 Å². The highest BCUT2D eigenvalue weighted by Gasteiger charge is 2.22.